The van der Waals surface area contributed by atoms with Crippen LogP contribution in [0.3, 0.4) is 0 Å². The van der Waals surface area contributed by atoms with Crippen molar-refractivity contribution in [3.63, 3.8) is 0 Å². The van der Waals surface area contributed by atoms with Crippen LogP contribution in [0.5, 0.6) is 17.2 Å². The van der Waals surface area contributed by atoms with Crippen LogP contribution in [0.4, 0.5) is 0 Å². The number of aliphatic imine (C=N–C) groups is 1. The van der Waals surface area contributed by atoms with Gasteiger partial charge in [0.1, 0.15) is 12.3 Å². The van der Waals surface area contributed by atoms with E-state index >= 15 is 0 Å². The fourth-order valence-electron chi connectivity index (χ4n) is 3.49. The minimum Gasteiger partial charge on any atom is -0.493 e. The lowest BCUT2D eigenvalue weighted by molar-refractivity contribution is 0.324. The lowest BCUT2D eigenvalue weighted by atomic mass is 10.0. The third kappa shape index (κ3) is 3.07. The maximum absolute atomic E-state index is 5.72. The molecule has 6 heteroatoms. The van der Waals surface area contributed by atoms with Crippen molar-refractivity contribution < 1.29 is 18.9 Å². The molecule has 0 aliphatic carbocycles. The van der Waals surface area contributed by atoms with Gasteiger partial charge >= 0.3 is 0 Å². The predicted octanol–water partition coefficient (Wildman–Crippen LogP) is 3.56. The molecular weight excluding hydrogens is 344 g/mol. The summed E-state index contributed by atoms with van der Waals surface area (Å²) in [5.74, 6) is 2.55. The summed E-state index contributed by atoms with van der Waals surface area (Å²) in [5, 5.41) is 1.15. The quantitative estimate of drug-likeness (QED) is 0.724. The number of nitrogens with one attached hydrogen (secondary N) is 1. The summed E-state index contributed by atoms with van der Waals surface area (Å²) in [5.41, 5.74) is 4.19. The molecule has 0 spiro atoms. The number of para-hydroxylation sites is 1. The van der Waals surface area contributed by atoms with Crippen molar-refractivity contribution >= 4 is 16.8 Å². The number of hydrogen-bond donors (Lipinski definition) is 1. The number of benzene rings is 2. The minimum atomic E-state index is 0.589. The molecule has 0 fully saturated rings. The molecule has 0 amide bonds. The standard InChI is InChI=1S/C21H22N2O4/c1-24-17-11-13(12-18(25-2)20(17)26-3)10-15-14-6-4-5-7-16(14)23-19(15)21-22-8-9-27-21/h4-7,11-12,23H,8-10H2,1-3H3. The Morgan fingerprint density at radius 2 is 1.78 bits per heavy atom. The summed E-state index contributed by atoms with van der Waals surface area (Å²) in [4.78, 5) is 7.96. The maximum Gasteiger partial charge on any atom is 0.233 e. The van der Waals surface area contributed by atoms with Crippen molar-refractivity contribution in [2.75, 3.05) is 34.5 Å². The van der Waals surface area contributed by atoms with E-state index in [0.29, 0.717) is 42.7 Å². The third-order valence-electron chi connectivity index (χ3n) is 4.72. The van der Waals surface area contributed by atoms with Gasteiger partial charge in [0, 0.05) is 17.3 Å². The zero-order chi connectivity index (χ0) is 18.8. The van der Waals surface area contributed by atoms with E-state index in [0.717, 1.165) is 27.7 Å². The van der Waals surface area contributed by atoms with Crippen LogP contribution in [0.25, 0.3) is 10.9 Å². The first-order chi connectivity index (χ1) is 13.2. The van der Waals surface area contributed by atoms with Gasteiger partial charge in [-0.25, -0.2) is 4.99 Å². The Morgan fingerprint density at radius 3 is 2.41 bits per heavy atom. The molecule has 1 aliphatic heterocycles. The largest absolute Gasteiger partial charge is 0.493 e. The summed E-state index contributed by atoms with van der Waals surface area (Å²) in [6.07, 6.45) is 0.679. The van der Waals surface area contributed by atoms with Crippen LogP contribution in [0.2, 0.25) is 0 Å². The maximum atomic E-state index is 5.72. The SMILES string of the molecule is COc1cc(Cc2c(C3=NCCO3)[nH]c3ccccc23)cc(OC)c1OC. The highest BCUT2D eigenvalue weighted by Crippen LogP contribution is 2.39. The van der Waals surface area contributed by atoms with Gasteiger partial charge in [0.2, 0.25) is 11.6 Å². The minimum absolute atomic E-state index is 0.589. The Kier molecular flexibility index (Phi) is 4.62. The molecule has 1 N–H and O–H groups in total. The van der Waals surface area contributed by atoms with E-state index in [1.54, 1.807) is 21.3 Å². The molecule has 0 atom stereocenters. The molecule has 0 unspecified atom stereocenters. The molecule has 3 aromatic rings. The van der Waals surface area contributed by atoms with Gasteiger partial charge in [-0.05, 0) is 29.3 Å². The number of methoxy groups -OCH3 is 3. The lowest BCUT2D eigenvalue weighted by Crippen LogP contribution is -2.06. The average Bonchev–Trinajstić information content (AvgIpc) is 3.35. The summed E-state index contributed by atoms with van der Waals surface area (Å²) >= 11 is 0. The molecular formula is C21H22N2O4. The van der Waals surface area contributed by atoms with Gasteiger partial charge in [0.15, 0.2) is 11.5 Å². The smallest absolute Gasteiger partial charge is 0.233 e. The molecule has 4 rings (SSSR count). The summed E-state index contributed by atoms with van der Waals surface area (Å²) in [6, 6.07) is 12.2. The second-order valence-electron chi connectivity index (χ2n) is 6.27. The Hall–Kier alpha value is -3.15. The zero-order valence-electron chi connectivity index (χ0n) is 15.7. The van der Waals surface area contributed by atoms with Gasteiger partial charge < -0.3 is 23.9 Å². The molecule has 2 aromatic carbocycles. The van der Waals surface area contributed by atoms with Crippen LogP contribution >= 0.6 is 0 Å². The number of fused-ring (bicyclic) bond motifs is 1. The highest BCUT2D eigenvalue weighted by atomic mass is 16.5. The topological polar surface area (TPSA) is 65.1 Å². The van der Waals surface area contributed by atoms with Crippen LogP contribution in [0.15, 0.2) is 41.4 Å². The van der Waals surface area contributed by atoms with E-state index in [-0.39, 0.29) is 0 Å². The second kappa shape index (κ2) is 7.23. The van der Waals surface area contributed by atoms with Crippen molar-refractivity contribution in [3.8, 4) is 17.2 Å². The highest BCUT2D eigenvalue weighted by Gasteiger charge is 2.21. The molecule has 6 nitrogen and oxygen atoms in total. The van der Waals surface area contributed by atoms with E-state index in [1.165, 1.54) is 0 Å². The van der Waals surface area contributed by atoms with Crippen molar-refractivity contribution in [3.05, 3.63) is 53.2 Å². The number of nitrogens with zero attached hydrogens (tertiary/aromatic N) is 1. The van der Waals surface area contributed by atoms with Crippen LogP contribution in [0.1, 0.15) is 16.8 Å². The van der Waals surface area contributed by atoms with Gasteiger partial charge in [-0.3, -0.25) is 0 Å². The third-order valence-corrected chi connectivity index (χ3v) is 4.72. The van der Waals surface area contributed by atoms with Gasteiger partial charge in [-0.15, -0.1) is 0 Å². The van der Waals surface area contributed by atoms with E-state index in [1.807, 2.05) is 24.3 Å². The molecule has 0 radical (unpaired) electrons. The monoisotopic (exact) mass is 366 g/mol. The van der Waals surface area contributed by atoms with Crippen molar-refractivity contribution in [1.29, 1.82) is 0 Å². The molecule has 0 saturated heterocycles. The Bertz CT molecular complexity index is 982. The Balaban J connectivity index is 1.83. The molecule has 27 heavy (non-hydrogen) atoms. The van der Waals surface area contributed by atoms with Gasteiger partial charge in [0.25, 0.3) is 0 Å². The number of rotatable bonds is 6. The van der Waals surface area contributed by atoms with Crippen LogP contribution in [-0.2, 0) is 11.2 Å². The molecule has 0 saturated carbocycles. The molecule has 1 aliphatic rings. The van der Waals surface area contributed by atoms with E-state index in [2.05, 4.69) is 22.1 Å². The lowest BCUT2D eigenvalue weighted by Gasteiger charge is -2.14. The zero-order valence-corrected chi connectivity index (χ0v) is 15.7. The van der Waals surface area contributed by atoms with Gasteiger partial charge in [-0.1, -0.05) is 18.2 Å². The van der Waals surface area contributed by atoms with Crippen molar-refractivity contribution in [2.45, 2.75) is 6.42 Å². The van der Waals surface area contributed by atoms with Crippen LogP contribution < -0.4 is 14.2 Å². The molecule has 140 valence electrons. The number of ether oxygens (including phenoxy) is 4. The number of aromatic amines is 1. The number of aromatic nitrogens is 1. The van der Waals surface area contributed by atoms with Gasteiger partial charge in [-0.2, -0.15) is 0 Å². The number of hydrogen-bond acceptors (Lipinski definition) is 5. The van der Waals surface area contributed by atoms with Crippen molar-refractivity contribution in [2.24, 2.45) is 4.99 Å². The molecule has 2 heterocycles. The predicted molar refractivity (Wildman–Crippen MR) is 105 cm³/mol. The normalized spacial score (nSPS) is 13.4. The first-order valence-electron chi connectivity index (χ1n) is 8.81. The Morgan fingerprint density at radius 1 is 1.04 bits per heavy atom. The first-order valence-corrected chi connectivity index (χ1v) is 8.81. The van der Waals surface area contributed by atoms with E-state index in [9.17, 15) is 0 Å². The summed E-state index contributed by atoms with van der Waals surface area (Å²) < 4.78 is 22.1. The summed E-state index contributed by atoms with van der Waals surface area (Å²) in [6.45, 7) is 1.31. The second-order valence-corrected chi connectivity index (χ2v) is 6.27. The molecule has 1 aromatic heterocycles. The number of H-pyrrole nitrogens is 1. The fourth-order valence-corrected chi connectivity index (χ4v) is 3.49. The van der Waals surface area contributed by atoms with E-state index < -0.39 is 0 Å². The van der Waals surface area contributed by atoms with Crippen LogP contribution in [0, 0.1) is 0 Å². The molecule has 0 bridgehead atoms. The van der Waals surface area contributed by atoms with E-state index in [4.69, 9.17) is 18.9 Å². The summed E-state index contributed by atoms with van der Waals surface area (Å²) in [7, 11) is 4.85. The fraction of sp³-hybridized carbons (Fsp3) is 0.286. The Labute approximate surface area is 157 Å². The highest BCUT2D eigenvalue weighted by molar-refractivity contribution is 6.01. The first kappa shape index (κ1) is 17.3. The van der Waals surface area contributed by atoms with Crippen LogP contribution in [-0.4, -0.2) is 45.4 Å². The van der Waals surface area contributed by atoms with Gasteiger partial charge in [0.05, 0.1) is 27.9 Å². The van der Waals surface area contributed by atoms with Crippen molar-refractivity contribution in [1.82, 2.24) is 4.98 Å². The average molecular weight is 366 g/mol.